The van der Waals surface area contributed by atoms with Crippen LogP contribution in [0.15, 0.2) is 24.3 Å². The number of sulfonamides is 1. The molecule has 1 atom stereocenters. The fourth-order valence-corrected chi connectivity index (χ4v) is 5.80. The maximum atomic E-state index is 12.4. The number of rotatable bonds is 6. The van der Waals surface area contributed by atoms with E-state index < -0.39 is 10.0 Å². The zero-order valence-corrected chi connectivity index (χ0v) is 19.5. The van der Waals surface area contributed by atoms with E-state index in [1.54, 1.807) is 18.3 Å². The Kier molecular flexibility index (Phi) is 6.48. The number of piperidine rings is 1. The lowest BCUT2D eigenvalue weighted by Gasteiger charge is -2.34. The molecule has 2 aliphatic heterocycles. The summed E-state index contributed by atoms with van der Waals surface area (Å²) in [6, 6.07) is 8.15. The van der Waals surface area contributed by atoms with E-state index in [9.17, 15) is 8.42 Å². The van der Waals surface area contributed by atoms with E-state index in [0.717, 1.165) is 61.9 Å². The van der Waals surface area contributed by atoms with E-state index in [1.807, 2.05) is 12.1 Å². The molecule has 1 aromatic carbocycles. The summed E-state index contributed by atoms with van der Waals surface area (Å²) >= 11 is 0. The average Bonchev–Trinajstić information content (AvgIpc) is 2.79. The van der Waals surface area contributed by atoms with Crippen molar-refractivity contribution in [3.05, 3.63) is 46.9 Å². The Bertz CT molecular complexity index is 1040. The molecule has 1 aromatic heterocycles. The normalized spacial score (nSPS) is 19.8. The maximum absolute atomic E-state index is 12.4. The molecule has 0 saturated carbocycles. The van der Waals surface area contributed by atoms with Crippen LogP contribution < -0.4 is 9.64 Å². The van der Waals surface area contributed by atoms with Crippen LogP contribution in [0.2, 0.25) is 0 Å². The largest absolute Gasteiger partial charge is 0.497 e. The Morgan fingerprint density at radius 3 is 2.81 bits per heavy atom. The Morgan fingerprint density at radius 1 is 1.19 bits per heavy atom. The topological polar surface area (TPSA) is 75.6 Å². The van der Waals surface area contributed by atoms with Gasteiger partial charge in [-0.25, -0.2) is 22.7 Å². The van der Waals surface area contributed by atoms with E-state index >= 15 is 0 Å². The van der Waals surface area contributed by atoms with E-state index in [2.05, 4.69) is 24.0 Å². The number of anilines is 1. The van der Waals surface area contributed by atoms with Crippen molar-refractivity contribution in [2.75, 3.05) is 37.4 Å². The molecule has 0 bridgehead atoms. The van der Waals surface area contributed by atoms with Gasteiger partial charge < -0.3 is 9.64 Å². The van der Waals surface area contributed by atoms with Gasteiger partial charge in [-0.1, -0.05) is 12.1 Å². The Hall–Kier alpha value is -2.19. The summed E-state index contributed by atoms with van der Waals surface area (Å²) in [6.07, 6.45) is 3.82. The molecule has 0 N–H and O–H groups in total. The fourth-order valence-electron chi connectivity index (χ4n) is 4.63. The third-order valence-corrected chi connectivity index (χ3v) is 8.23. The number of nitrogens with zero attached hydrogens (tertiary/aromatic N) is 4. The minimum absolute atomic E-state index is 0.0414. The Balaban J connectivity index is 1.62. The lowest BCUT2D eigenvalue weighted by atomic mass is 9.97. The third-order valence-electron chi connectivity index (χ3n) is 6.38. The number of aromatic nitrogens is 2. The second-order valence-corrected chi connectivity index (χ2v) is 10.7. The van der Waals surface area contributed by atoms with Crippen molar-refractivity contribution in [2.24, 2.45) is 0 Å². The van der Waals surface area contributed by atoms with E-state index in [0.29, 0.717) is 13.1 Å². The molecule has 0 radical (unpaired) electrons. The number of methoxy groups -OCH3 is 1. The number of benzene rings is 1. The Morgan fingerprint density at radius 2 is 2.03 bits per heavy atom. The van der Waals surface area contributed by atoms with E-state index in [1.165, 1.54) is 11.1 Å². The highest BCUT2D eigenvalue weighted by Gasteiger charge is 2.31. The van der Waals surface area contributed by atoms with Crippen molar-refractivity contribution >= 4 is 15.8 Å². The standard InChI is InChI=1S/C23H32N4O3S/c1-4-31(28,29)27-13-6-9-19(16-27)22-24-17(2)21-11-7-12-26(23(21)25-22)15-18-8-5-10-20(14-18)30-3/h5,8,10,14,19H,4,6-7,9,11-13,15-16H2,1-3H3. The third kappa shape index (κ3) is 4.70. The number of aryl methyl sites for hydroxylation is 1. The fraction of sp³-hybridized carbons (Fsp3) is 0.565. The van der Waals surface area contributed by atoms with Gasteiger partial charge in [-0.15, -0.1) is 0 Å². The van der Waals surface area contributed by atoms with Crippen molar-refractivity contribution in [2.45, 2.75) is 52.0 Å². The second kappa shape index (κ2) is 9.12. The predicted octanol–water partition coefficient (Wildman–Crippen LogP) is 3.28. The van der Waals surface area contributed by atoms with Crippen LogP contribution in [0.3, 0.4) is 0 Å². The second-order valence-electron chi connectivity index (χ2n) is 8.44. The molecular weight excluding hydrogens is 412 g/mol. The highest BCUT2D eigenvalue weighted by molar-refractivity contribution is 7.89. The van der Waals surface area contributed by atoms with Gasteiger partial charge in [-0.3, -0.25) is 0 Å². The van der Waals surface area contributed by atoms with Gasteiger partial charge >= 0.3 is 0 Å². The van der Waals surface area contributed by atoms with Crippen LogP contribution in [-0.4, -0.2) is 55.2 Å². The monoisotopic (exact) mass is 444 g/mol. The molecule has 0 spiro atoms. The minimum Gasteiger partial charge on any atom is -0.497 e. The summed E-state index contributed by atoms with van der Waals surface area (Å²) in [5.74, 6) is 2.82. The van der Waals surface area contributed by atoms with Gasteiger partial charge in [0.1, 0.15) is 17.4 Å². The first-order valence-electron chi connectivity index (χ1n) is 11.1. The summed E-state index contributed by atoms with van der Waals surface area (Å²) in [7, 11) is -1.51. The molecule has 3 heterocycles. The summed E-state index contributed by atoms with van der Waals surface area (Å²) in [4.78, 5) is 12.2. The number of hydrogen-bond donors (Lipinski definition) is 0. The van der Waals surface area contributed by atoms with Crippen molar-refractivity contribution in [1.82, 2.24) is 14.3 Å². The van der Waals surface area contributed by atoms with Crippen LogP contribution in [0.4, 0.5) is 5.82 Å². The van der Waals surface area contributed by atoms with Crippen LogP contribution in [0.5, 0.6) is 5.75 Å². The van der Waals surface area contributed by atoms with Gasteiger partial charge in [0.15, 0.2) is 0 Å². The average molecular weight is 445 g/mol. The highest BCUT2D eigenvalue weighted by atomic mass is 32.2. The quantitative estimate of drug-likeness (QED) is 0.681. The Labute approximate surface area is 185 Å². The highest BCUT2D eigenvalue weighted by Crippen LogP contribution is 2.33. The molecule has 2 aliphatic rings. The van der Waals surface area contributed by atoms with Crippen LogP contribution >= 0.6 is 0 Å². The minimum atomic E-state index is -3.19. The number of ether oxygens (including phenoxy) is 1. The summed E-state index contributed by atoms with van der Waals surface area (Å²) in [5, 5.41) is 0. The molecule has 168 valence electrons. The SMILES string of the molecule is CCS(=O)(=O)N1CCCC(c2nc(C)c3c(n2)N(Cc2cccc(OC)c2)CCC3)C1. The lowest BCUT2D eigenvalue weighted by molar-refractivity contribution is 0.309. The van der Waals surface area contributed by atoms with E-state index in [4.69, 9.17) is 14.7 Å². The van der Waals surface area contributed by atoms with Gasteiger partial charge in [0.25, 0.3) is 0 Å². The molecule has 7 nitrogen and oxygen atoms in total. The summed E-state index contributed by atoms with van der Waals surface area (Å²) < 4.78 is 31.8. The number of fused-ring (bicyclic) bond motifs is 1. The van der Waals surface area contributed by atoms with Crippen LogP contribution in [-0.2, 0) is 23.0 Å². The molecule has 0 aliphatic carbocycles. The van der Waals surface area contributed by atoms with Crippen LogP contribution in [0.25, 0.3) is 0 Å². The lowest BCUT2D eigenvalue weighted by Crippen LogP contribution is -2.40. The molecule has 4 rings (SSSR count). The molecule has 1 unspecified atom stereocenters. The first-order valence-corrected chi connectivity index (χ1v) is 12.7. The number of hydrogen-bond acceptors (Lipinski definition) is 6. The summed E-state index contributed by atoms with van der Waals surface area (Å²) in [6.45, 7) is 6.54. The molecule has 0 amide bonds. The first-order chi connectivity index (χ1) is 14.9. The summed E-state index contributed by atoms with van der Waals surface area (Å²) in [5.41, 5.74) is 3.42. The maximum Gasteiger partial charge on any atom is 0.213 e. The predicted molar refractivity (Wildman–Crippen MR) is 122 cm³/mol. The van der Waals surface area contributed by atoms with Gasteiger partial charge in [-0.2, -0.15) is 0 Å². The van der Waals surface area contributed by atoms with Gasteiger partial charge in [-0.05, 0) is 57.2 Å². The van der Waals surface area contributed by atoms with Gasteiger partial charge in [0.2, 0.25) is 10.0 Å². The van der Waals surface area contributed by atoms with Crippen molar-refractivity contribution < 1.29 is 13.2 Å². The smallest absolute Gasteiger partial charge is 0.213 e. The van der Waals surface area contributed by atoms with Crippen molar-refractivity contribution in [1.29, 1.82) is 0 Å². The molecule has 1 saturated heterocycles. The van der Waals surface area contributed by atoms with Crippen LogP contribution in [0, 0.1) is 6.92 Å². The van der Waals surface area contributed by atoms with Crippen LogP contribution in [0.1, 0.15) is 54.7 Å². The zero-order chi connectivity index (χ0) is 22.0. The van der Waals surface area contributed by atoms with E-state index in [-0.39, 0.29) is 11.7 Å². The molecule has 1 fully saturated rings. The van der Waals surface area contributed by atoms with Gasteiger partial charge in [0.05, 0.1) is 12.9 Å². The van der Waals surface area contributed by atoms with Crippen molar-refractivity contribution in [3.63, 3.8) is 0 Å². The molecule has 8 heteroatoms. The first kappa shape index (κ1) is 22.0. The van der Waals surface area contributed by atoms with Crippen molar-refractivity contribution in [3.8, 4) is 5.75 Å². The molecule has 2 aromatic rings. The van der Waals surface area contributed by atoms with Gasteiger partial charge in [0, 0.05) is 43.4 Å². The zero-order valence-electron chi connectivity index (χ0n) is 18.7. The molecular formula is C23H32N4O3S. The molecule has 31 heavy (non-hydrogen) atoms.